The fourth-order valence-electron chi connectivity index (χ4n) is 2.82. The highest BCUT2D eigenvalue weighted by Gasteiger charge is 2.45. The maximum Gasteiger partial charge on any atom is 0.0314 e. The molecule has 3 rings (SSSR count). The highest BCUT2D eigenvalue weighted by Crippen LogP contribution is 2.48. The Kier molecular flexibility index (Phi) is 2.81. The van der Waals surface area contributed by atoms with E-state index in [4.69, 9.17) is 5.73 Å². The monoisotopic (exact) mass is 231 g/mol. The van der Waals surface area contributed by atoms with Crippen molar-refractivity contribution < 1.29 is 0 Å². The third-order valence-electron chi connectivity index (χ3n) is 4.11. The third-order valence-corrected chi connectivity index (χ3v) is 4.11. The minimum atomic E-state index is 0.436. The van der Waals surface area contributed by atoms with Gasteiger partial charge in [-0.2, -0.15) is 0 Å². The number of hydrogen-bond acceptors (Lipinski definition) is 3. The van der Waals surface area contributed by atoms with Gasteiger partial charge in [0.15, 0.2) is 0 Å². The van der Waals surface area contributed by atoms with Gasteiger partial charge in [-0.05, 0) is 30.5 Å². The predicted octanol–water partition coefficient (Wildman–Crippen LogP) is 1.21. The molecule has 0 bridgehead atoms. The fraction of sp³-hybridized carbons (Fsp3) is 0.571. The molecule has 2 aliphatic rings. The van der Waals surface area contributed by atoms with E-state index < -0.39 is 0 Å². The van der Waals surface area contributed by atoms with Crippen molar-refractivity contribution in [1.82, 2.24) is 10.2 Å². The van der Waals surface area contributed by atoms with Gasteiger partial charge in [-0.15, -0.1) is 0 Å². The summed E-state index contributed by atoms with van der Waals surface area (Å²) >= 11 is 0. The molecule has 1 aromatic rings. The van der Waals surface area contributed by atoms with Gasteiger partial charge < -0.3 is 11.1 Å². The van der Waals surface area contributed by atoms with Gasteiger partial charge in [0, 0.05) is 43.8 Å². The van der Waals surface area contributed by atoms with Crippen LogP contribution >= 0.6 is 0 Å². The second-order valence-electron chi connectivity index (χ2n) is 5.43. The topological polar surface area (TPSA) is 41.3 Å². The van der Waals surface area contributed by atoms with Crippen molar-refractivity contribution in [3.63, 3.8) is 0 Å². The van der Waals surface area contributed by atoms with Crippen LogP contribution in [0.3, 0.4) is 0 Å². The Morgan fingerprint density at radius 2 is 1.76 bits per heavy atom. The van der Waals surface area contributed by atoms with E-state index in [0.717, 1.165) is 18.8 Å². The molecule has 1 saturated heterocycles. The predicted molar refractivity (Wildman–Crippen MR) is 71.1 cm³/mol. The molecule has 92 valence electrons. The molecule has 1 aliphatic carbocycles. The van der Waals surface area contributed by atoms with Crippen LogP contribution in [0, 0.1) is 0 Å². The van der Waals surface area contributed by atoms with Crippen LogP contribution in [0.1, 0.15) is 18.4 Å². The molecule has 3 N–H and O–H groups in total. The van der Waals surface area contributed by atoms with E-state index in [9.17, 15) is 0 Å². The van der Waals surface area contributed by atoms with Gasteiger partial charge in [-0.1, -0.05) is 12.1 Å². The van der Waals surface area contributed by atoms with Crippen molar-refractivity contribution in [3.05, 3.63) is 29.8 Å². The van der Waals surface area contributed by atoms with Crippen LogP contribution in [0.4, 0.5) is 5.69 Å². The summed E-state index contributed by atoms with van der Waals surface area (Å²) in [6.45, 7) is 5.88. The number of piperazine rings is 1. The molecule has 3 nitrogen and oxygen atoms in total. The molecule has 0 radical (unpaired) electrons. The average Bonchev–Trinajstić information content (AvgIpc) is 3.12. The molecule has 0 spiro atoms. The molecule has 1 saturated carbocycles. The zero-order valence-corrected chi connectivity index (χ0v) is 10.3. The van der Waals surface area contributed by atoms with Crippen molar-refractivity contribution in [1.29, 1.82) is 0 Å². The van der Waals surface area contributed by atoms with Gasteiger partial charge in [0.25, 0.3) is 0 Å². The van der Waals surface area contributed by atoms with E-state index in [-0.39, 0.29) is 0 Å². The normalized spacial score (nSPS) is 23.5. The molecule has 1 aromatic carbocycles. The third kappa shape index (κ3) is 2.31. The summed E-state index contributed by atoms with van der Waals surface area (Å²) in [4.78, 5) is 2.60. The van der Waals surface area contributed by atoms with Gasteiger partial charge in [-0.3, -0.25) is 4.90 Å². The van der Waals surface area contributed by atoms with Crippen molar-refractivity contribution in [2.24, 2.45) is 0 Å². The number of nitrogen functional groups attached to an aromatic ring is 1. The lowest BCUT2D eigenvalue weighted by Gasteiger charge is -2.31. The highest BCUT2D eigenvalue weighted by atomic mass is 15.2. The standard InChI is InChI=1S/C14H21N3/c15-13-3-1-12(2-4-13)14(5-6-14)11-17-9-7-16-8-10-17/h1-4,16H,5-11,15H2. The maximum atomic E-state index is 5.76. The van der Waals surface area contributed by atoms with E-state index in [0.29, 0.717) is 5.41 Å². The second-order valence-corrected chi connectivity index (χ2v) is 5.43. The first-order valence-electron chi connectivity index (χ1n) is 6.58. The number of nitrogens with zero attached hydrogens (tertiary/aromatic N) is 1. The van der Waals surface area contributed by atoms with Crippen LogP contribution in [0.25, 0.3) is 0 Å². The molecule has 0 atom stereocenters. The van der Waals surface area contributed by atoms with E-state index in [2.05, 4.69) is 22.3 Å². The Morgan fingerprint density at radius 3 is 2.35 bits per heavy atom. The van der Waals surface area contributed by atoms with Crippen LogP contribution in [0.2, 0.25) is 0 Å². The van der Waals surface area contributed by atoms with E-state index >= 15 is 0 Å². The molecule has 1 heterocycles. The Morgan fingerprint density at radius 1 is 1.12 bits per heavy atom. The van der Waals surface area contributed by atoms with Crippen molar-refractivity contribution >= 4 is 5.69 Å². The number of nitrogens with one attached hydrogen (secondary N) is 1. The summed E-state index contributed by atoms with van der Waals surface area (Å²) in [7, 11) is 0. The SMILES string of the molecule is Nc1ccc(C2(CN3CCNCC3)CC2)cc1. The Hall–Kier alpha value is -1.06. The van der Waals surface area contributed by atoms with E-state index in [1.54, 1.807) is 0 Å². The Labute approximate surface area is 103 Å². The lowest BCUT2D eigenvalue weighted by molar-refractivity contribution is 0.221. The molecule has 0 amide bonds. The van der Waals surface area contributed by atoms with Crippen molar-refractivity contribution in [2.45, 2.75) is 18.3 Å². The van der Waals surface area contributed by atoms with Gasteiger partial charge in [0.2, 0.25) is 0 Å². The second kappa shape index (κ2) is 4.31. The summed E-state index contributed by atoms with van der Waals surface area (Å²) < 4.78 is 0. The molecule has 0 unspecified atom stereocenters. The maximum absolute atomic E-state index is 5.76. The summed E-state index contributed by atoms with van der Waals surface area (Å²) in [6.07, 6.45) is 2.67. The first kappa shape index (κ1) is 11.1. The number of rotatable bonds is 3. The number of anilines is 1. The molecule has 17 heavy (non-hydrogen) atoms. The first-order valence-corrected chi connectivity index (χ1v) is 6.58. The van der Waals surface area contributed by atoms with Crippen LogP contribution in [0.15, 0.2) is 24.3 Å². The number of benzene rings is 1. The van der Waals surface area contributed by atoms with Crippen LogP contribution in [-0.4, -0.2) is 37.6 Å². The summed E-state index contributed by atoms with van der Waals surface area (Å²) in [6, 6.07) is 8.50. The fourth-order valence-corrected chi connectivity index (χ4v) is 2.82. The smallest absolute Gasteiger partial charge is 0.0314 e. The van der Waals surface area contributed by atoms with Gasteiger partial charge in [0.1, 0.15) is 0 Å². The minimum Gasteiger partial charge on any atom is -0.399 e. The zero-order valence-electron chi connectivity index (χ0n) is 10.3. The van der Waals surface area contributed by atoms with Gasteiger partial charge in [0.05, 0.1) is 0 Å². The van der Waals surface area contributed by atoms with Crippen LogP contribution < -0.4 is 11.1 Å². The molecule has 0 aromatic heterocycles. The summed E-state index contributed by atoms with van der Waals surface area (Å²) in [5.74, 6) is 0. The molecule has 3 heteroatoms. The number of hydrogen-bond donors (Lipinski definition) is 2. The van der Waals surface area contributed by atoms with Crippen molar-refractivity contribution in [2.75, 3.05) is 38.5 Å². The van der Waals surface area contributed by atoms with E-state index in [1.807, 2.05) is 12.1 Å². The largest absolute Gasteiger partial charge is 0.399 e. The molecular formula is C14H21N3. The quantitative estimate of drug-likeness (QED) is 0.768. The first-order chi connectivity index (χ1) is 8.28. The molecular weight excluding hydrogens is 210 g/mol. The summed E-state index contributed by atoms with van der Waals surface area (Å²) in [5.41, 5.74) is 8.54. The zero-order chi connectivity index (χ0) is 11.7. The Bertz CT molecular complexity index is 375. The van der Waals surface area contributed by atoms with Gasteiger partial charge >= 0.3 is 0 Å². The number of nitrogens with two attached hydrogens (primary N) is 1. The van der Waals surface area contributed by atoms with Crippen molar-refractivity contribution in [3.8, 4) is 0 Å². The minimum absolute atomic E-state index is 0.436. The average molecular weight is 231 g/mol. The van der Waals surface area contributed by atoms with Gasteiger partial charge in [-0.25, -0.2) is 0 Å². The molecule has 2 fully saturated rings. The lowest BCUT2D eigenvalue weighted by Crippen LogP contribution is -2.46. The summed E-state index contributed by atoms with van der Waals surface area (Å²) in [5, 5.41) is 3.41. The van der Waals surface area contributed by atoms with E-state index in [1.165, 1.54) is 38.0 Å². The molecule has 1 aliphatic heterocycles. The van der Waals surface area contributed by atoms with Crippen LogP contribution in [-0.2, 0) is 5.41 Å². The Balaban J connectivity index is 1.70. The van der Waals surface area contributed by atoms with Crippen LogP contribution in [0.5, 0.6) is 0 Å². The lowest BCUT2D eigenvalue weighted by atomic mass is 9.95. The highest BCUT2D eigenvalue weighted by molar-refractivity contribution is 5.43.